The van der Waals surface area contributed by atoms with Crippen molar-refractivity contribution in [1.82, 2.24) is 0 Å². The highest BCUT2D eigenvalue weighted by atomic mass is 14.4. The van der Waals surface area contributed by atoms with Gasteiger partial charge < -0.3 is 0 Å². The molecule has 0 aromatic carbocycles. The lowest BCUT2D eigenvalue weighted by Gasteiger charge is -2.31. The third-order valence-corrected chi connectivity index (χ3v) is 3.76. The molecule has 14 heavy (non-hydrogen) atoms. The zero-order valence-corrected chi connectivity index (χ0v) is 9.97. The minimum Gasteiger partial charge on any atom is -0.0993 e. The van der Waals surface area contributed by atoms with Gasteiger partial charge in [-0.15, -0.1) is 0 Å². The molecule has 0 aromatic rings. The molecule has 0 spiro atoms. The Morgan fingerprint density at radius 1 is 1.50 bits per heavy atom. The molecule has 80 valence electrons. The smallest absolute Gasteiger partial charge is 0.00563 e. The second-order valence-corrected chi connectivity index (χ2v) is 4.75. The maximum atomic E-state index is 4.25. The first-order valence-electron chi connectivity index (χ1n) is 6.00. The van der Waals surface area contributed by atoms with E-state index < -0.39 is 0 Å². The number of hydrogen-bond acceptors (Lipinski definition) is 0. The summed E-state index contributed by atoms with van der Waals surface area (Å²) >= 11 is 0. The molecule has 0 radical (unpaired) electrons. The first-order chi connectivity index (χ1) is 6.65. The SMILES string of the molecule is C=C1CCC(C=CCC)C1(C)CCC. The van der Waals surface area contributed by atoms with Gasteiger partial charge in [-0.25, -0.2) is 0 Å². The summed E-state index contributed by atoms with van der Waals surface area (Å²) in [5.41, 5.74) is 1.87. The molecule has 1 rings (SSSR count). The molecule has 0 bridgehead atoms. The van der Waals surface area contributed by atoms with Crippen molar-refractivity contribution in [3.05, 3.63) is 24.3 Å². The van der Waals surface area contributed by atoms with E-state index in [2.05, 4.69) is 39.5 Å². The van der Waals surface area contributed by atoms with Crippen LogP contribution in [-0.2, 0) is 0 Å². The van der Waals surface area contributed by atoms with Gasteiger partial charge in [-0.2, -0.15) is 0 Å². The molecule has 0 amide bonds. The molecule has 1 aliphatic rings. The van der Waals surface area contributed by atoms with Crippen LogP contribution in [0, 0.1) is 11.3 Å². The van der Waals surface area contributed by atoms with E-state index in [0.717, 1.165) is 12.3 Å². The molecule has 0 saturated heterocycles. The lowest BCUT2D eigenvalue weighted by atomic mass is 9.74. The maximum absolute atomic E-state index is 4.25. The van der Waals surface area contributed by atoms with Crippen molar-refractivity contribution in [2.24, 2.45) is 11.3 Å². The van der Waals surface area contributed by atoms with E-state index in [9.17, 15) is 0 Å². The van der Waals surface area contributed by atoms with Gasteiger partial charge in [0.25, 0.3) is 0 Å². The average Bonchev–Trinajstić information content (AvgIpc) is 2.42. The zero-order valence-electron chi connectivity index (χ0n) is 9.97. The van der Waals surface area contributed by atoms with E-state index in [1.807, 2.05) is 0 Å². The molecule has 1 saturated carbocycles. The van der Waals surface area contributed by atoms with Crippen LogP contribution in [0.25, 0.3) is 0 Å². The van der Waals surface area contributed by atoms with Crippen molar-refractivity contribution < 1.29 is 0 Å². The third kappa shape index (κ3) is 2.10. The van der Waals surface area contributed by atoms with Gasteiger partial charge in [-0.3, -0.25) is 0 Å². The summed E-state index contributed by atoms with van der Waals surface area (Å²) in [6.45, 7) is 11.1. The van der Waals surface area contributed by atoms with Crippen LogP contribution in [0.5, 0.6) is 0 Å². The van der Waals surface area contributed by atoms with Crippen molar-refractivity contribution in [3.8, 4) is 0 Å². The molecular weight excluding hydrogens is 168 g/mol. The Morgan fingerprint density at radius 2 is 2.21 bits per heavy atom. The first kappa shape index (κ1) is 11.6. The third-order valence-electron chi connectivity index (χ3n) is 3.76. The molecule has 0 N–H and O–H groups in total. The monoisotopic (exact) mass is 192 g/mol. The number of allylic oxidation sites excluding steroid dienone is 3. The molecule has 1 aliphatic carbocycles. The average molecular weight is 192 g/mol. The Hall–Kier alpha value is -0.520. The normalized spacial score (nSPS) is 33.1. The van der Waals surface area contributed by atoms with Crippen LogP contribution < -0.4 is 0 Å². The Morgan fingerprint density at radius 3 is 2.79 bits per heavy atom. The predicted octanol–water partition coefficient (Wildman–Crippen LogP) is 4.73. The highest BCUT2D eigenvalue weighted by Crippen LogP contribution is 2.50. The van der Waals surface area contributed by atoms with Crippen LogP contribution in [0.1, 0.15) is 52.9 Å². The van der Waals surface area contributed by atoms with Crippen LogP contribution in [0.2, 0.25) is 0 Å². The minimum atomic E-state index is 0.389. The fraction of sp³-hybridized carbons (Fsp3) is 0.714. The van der Waals surface area contributed by atoms with Gasteiger partial charge in [0, 0.05) is 0 Å². The summed E-state index contributed by atoms with van der Waals surface area (Å²) in [7, 11) is 0. The van der Waals surface area contributed by atoms with E-state index >= 15 is 0 Å². The lowest BCUT2D eigenvalue weighted by Crippen LogP contribution is -2.21. The second kappa shape index (κ2) is 4.82. The van der Waals surface area contributed by atoms with Gasteiger partial charge in [0.2, 0.25) is 0 Å². The zero-order chi connectivity index (χ0) is 10.6. The largest absolute Gasteiger partial charge is 0.0993 e. The molecule has 0 heteroatoms. The van der Waals surface area contributed by atoms with Gasteiger partial charge in [0.15, 0.2) is 0 Å². The van der Waals surface area contributed by atoms with Crippen molar-refractivity contribution in [1.29, 1.82) is 0 Å². The van der Waals surface area contributed by atoms with E-state index in [-0.39, 0.29) is 0 Å². The predicted molar refractivity (Wildman–Crippen MR) is 64.3 cm³/mol. The molecule has 0 aliphatic heterocycles. The lowest BCUT2D eigenvalue weighted by molar-refractivity contribution is 0.300. The van der Waals surface area contributed by atoms with E-state index in [0.29, 0.717) is 5.41 Å². The van der Waals surface area contributed by atoms with Crippen molar-refractivity contribution in [2.45, 2.75) is 52.9 Å². The fourth-order valence-corrected chi connectivity index (χ4v) is 2.69. The summed E-state index contributed by atoms with van der Waals surface area (Å²) in [6, 6.07) is 0. The molecule has 0 nitrogen and oxygen atoms in total. The Bertz CT molecular complexity index is 224. The number of rotatable bonds is 4. The van der Waals surface area contributed by atoms with Gasteiger partial charge in [-0.1, -0.05) is 51.5 Å². The summed E-state index contributed by atoms with van der Waals surface area (Å²) in [5.74, 6) is 0.745. The fourth-order valence-electron chi connectivity index (χ4n) is 2.69. The molecule has 2 atom stereocenters. The van der Waals surface area contributed by atoms with Crippen LogP contribution in [0.4, 0.5) is 0 Å². The van der Waals surface area contributed by atoms with Crippen LogP contribution in [0.3, 0.4) is 0 Å². The van der Waals surface area contributed by atoms with E-state index in [4.69, 9.17) is 0 Å². The van der Waals surface area contributed by atoms with Gasteiger partial charge in [0.1, 0.15) is 0 Å². The first-order valence-corrected chi connectivity index (χ1v) is 6.00. The molecule has 1 fully saturated rings. The standard InChI is InChI=1S/C14H24/c1-5-7-8-13-10-9-12(3)14(13,4)11-6-2/h7-8,13H,3,5-6,9-11H2,1-2,4H3. The minimum absolute atomic E-state index is 0.389. The maximum Gasteiger partial charge on any atom is -0.00563 e. The summed E-state index contributed by atoms with van der Waals surface area (Å²) in [4.78, 5) is 0. The van der Waals surface area contributed by atoms with Crippen LogP contribution in [-0.4, -0.2) is 0 Å². The molecule has 0 heterocycles. The van der Waals surface area contributed by atoms with Crippen molar-refractivity contribution in [2.75, 3.05) is 0 Å². The Balaban J connectivity index is 2.75. The molecule has 0 aromatic heterocycles. The summed E-state index contributed by atoms with van der Waals surface area (Å²) in [5, 5.41) is 0. The van der Waals surface area contributed by atoms with Crippen LogP contribution in [0.15, 0.2) is 24.3 Å². The van der Waals surface area contributed by atoms with Crippen molar-refractivity contribution >= 4 is 0 Å². The molecular formula is C14H24. The van der Waals surface area contributed by atoms with E-state index in [1.165, 1.54) is 31.3 Å². The van der Waals surface area contributed by atoms with Gasteiger partial charge in [0.05, 0.1) is 0 Å². The van der Waals surface area contributed by atoms with E-state index in [1.54, 1.807) is 0 Å². The van der Waals surface area contributed by atoms with Crippen molar-refractivity contribution in [3.63, 3.8) is 0 Å². The van der Waals surface area contributed by atoms with Crippen LogP contribution >= 0.6 is 0 Å². The highest BCUT2D eigenvalue weighted by molar-refractivity contribution is 5.20. The number of hydrogen-bond donors (Lipinski definition) is 0. The topological polar surface area (TPSA) is 0 Å². The highest BCUT2D eigenvalue weighted by Gasteiger charge is 2.38. The quantitative estimate of drug-likeness (QED) is 0.565. The summed E-state index contributed by atoms with van der Waals surface area (Å²) in [6.07, 6.45) is 11.0. The van der Waals surface area contributed by atoms with Gasteiger partial charge >= 0.3 is 0 Å². The Labute approximate surface area is 89.1 Å². The summed E-state index contributed by atoms with van der Waals surface area (Å²) < 4.78 is 0. The van der Waals surface area contributed by atoms with Gasteiger partial charge in [-0.05, 0) is 37.0 Å². The molecule has 2 unspecified atom stereocenters. The Kier molecular flexibility index (Phi) is 3.97. The second-order valence-electron chi connectivity index (χ2n) is 4.75.